The van der Waals surface area contributed by atoms with Crippen molar-refractivity contribution in [2.24, 2.45) is 17.8 Å². The van der Waals surface area contributed by atoms with Gasteiger partial charge < -0.3 is 15.2 Å². The van der Waals surface area contributed by atoms with Crippen LogP contribution < -0.4 is 10.6 Å². The highest BCUT2D eigenvalue weighted by Crippen LogP contribution is 2.37. The molecule has 4 rings (SSSR count). The molecule has 2 N–H and O–H groups in total. The standard InChI is InChI=1S/C21H28N4O2/c1-13(2)25-18-10-6-5-9-17(18)24-19(25)12-23-21(27)16-11-22-20(26)15-8-4-3-7-14(15)16/h5-6,9-10,13-16H,3-4,7-8,11-12H2,1-2H3,(H,22,26)(H,23,27). The van der Waals surface area contributed by atoms with Gasteiger partial charge in [-0.05, 0) is 44.7 Å². The Kier molecular flexibility index (Phi) is 4.89. The number of amides is 2. The Labute approximate surface area is 159 Å². The van der Waals surface area contributed by atoms with Gasteiger partial charge in [0.2, 0.25) is 11.8 Å². The fourth-order valence-electron chi connectivity index (χ4n) is 4.84. The van der Waals surface area contributed by atoms with Crippen LogP contribution in [0.15, 0.2) is 24.3 Å². The number of nitrogens with one attached hydrogen (secondary N) is 2. The SMILES string of the molecule is CC(C)n1c(CNC(=O)C2CNC(=O)C3CCCCC32)nc2ccccc21. The normalized spacial score (nSPS) is 25.3. The number of benzene rings is 1. The zero-order valence-electron chi connectivity index (χ0n) is 16.1. The van der Waals surface area contributed by atoms with Crippen molar-refractivity contribution >= 4 is 22.8 Å². The van der Waals surface area contributed by atoms with Crippen LogP contribution in [0.2, 0.25) is 0 Å². The van der Waals surface area contributed by atoms with Gasteiger partial charge in [-0.15, -0.1) is 0 Å². The molecule has 3 unspecified atom stereocenters. The van der Waals surface area contributed by atoms with Crippen LogP contribution in [0.5, 0.6) is 0 Å². The van der Waals surface area contributed by atoms with Crippen molar-refractivity contribution in [2.75, 3.05) is 6.54 Å². The van der Waals surface area contributed by atoms with Crippen LogP contribution in [0.25, 0.3) is 11.0 Å². The van der Waals surface area contributed by atoms with Crippen LogP contribution in [0.3, 0.4) is 0 Å². The first-order valence-electron chi connectivity index (χ1n) is 10.1. The molecule has 1 aliphatic heterocycles. The highest BCUT2D eigenvalue weighted by Gasteiger charge is 2.42. The highest BCUT2D eigenvalue weighted by molar-refractivity contribution is 5.86. The maximum Gasteiger partial charge on any atom is 0.225 e. The predicted octanol–water partition coefficient (Wildman–Crippen LogP) is 2.79. The number of hydrogen-bond donors (Lipinski definition) is 2. The number of para-hydroxylation sites is 2. The zero-order chi connectivity index (χ0) is 19.0. The summed E-state index contributed by atoms with van der Waals surface area (Å²) in [5, 5.41) is 6.04. The van der Waals surface area contributed by atoms with Gasteiger partial charge in [-0.1, -0.05) is 25.0 Å². The van der Waals surface area contributed by atoms with E-state index in [-0.39, 0.29) is 35.6 Å². The molecular weight excluding hydrogens is 340 g/mol. The third kappa shape index (κ3) is 3.33. The van der Waals surface area contributed by atoms with Crippen LogP contribution in [0.4, 0.5) is 0 Å². The lowest BCUT2D eigenvalue weighted by atomic mass is 9.69. The van der Waals surface area contributed by atoms with E-state index >= 15 is 0 Å². The van der Waals surface area contributed by atoms with E-state index in [1.165, 1.54) is 0 Å². The topological polar surface area (TPSA) is 76.0 Å². The molecule has 2 fully saturated rings. The molecule has 1 saturated heterocycles. The van der Waals surface area contributed by atoms with Gasteiger partial charge in [0.1, 0.15) is 5.82 Å². The molecule has 27 heavy (non-hydrogen) atoms. The third-order valence-corrected chi connectivity index (χ3v) is 6.11. The molecule has 2 aliphatic rings. The summed E-state index contributed by atoms with van der Waals surface area (Å²) in [6, 6.07) is 8.33. The fraction of sp³-hybridized carbons (Fsp3) is 0.571. The van der Waals surface area contributed by atoms with Crippen molar-refractivity contribution in [3.8, 4) is 0 Å². The molecule has 1 aliphatic carbocycles. The van der Waals surface area contributed by atoms with E-state index in [0.717, 1.165) is 42.5 Å². The molecule has 1 aromatic heterocycles. The lowest BCUT2D eigenvalue weighted by Crippen LogP contribution is -2.53. The monoisotopic (exact) mass is 368 g/mol. The van der Waals surface area contributed by atoms with E-state index < -0.39 is 0 Å². The first-order chi connectivity index (χ1) is 13.1. The van der Waals surface area contributed by atoms with Gasteiger partial charge in [-0.25, -0.2) is 4.98 Å². The lowest BCUT2D eigenvalue weighted by molar-refractivity contribution is -0.138. The number of piperidine rings is 1. The lowest BCUT2D eigenvalue weighted by Gasteiger charge is -2.39. The second kappa shape index (κ2) is 7.33. The van der Waals surface area contributed by atoms with Crippen LogP contribution >= 0.6 is 0 Å². The van der Waals surface area contributed by atoms with E-state index in [4.69, 9.17) is 4.98 Å². The largest absolute Gasteiger partial charge is 0.355 e. The summed E-state index contributed by atoms with van der Waals surface area (Å²) in [6.07, 6.45) is 4.08. The smallest absolute Gasteiger partial charge is 0.225 e. The number of rotatable bonds is 4. The second-order valence-electron chi connectivity index (χ2n) is 8.10. The minimum Gasteiger partial charge on any atom is -0.355 e. The number of carbonyl (C=O) groups is 2. The van der Waals surface area contributed by atoms with Crippen molar-refractivity contribution in [1.82, 2.24) is 20.2 Å². The molecule has 2 aromatic rings. The van der Waals surface area contributed by atoms with Gasteiger partial charge in [0.25, 0.3) is 0 Å². The molecule has 0 bridgehead atoms. The Morgan fingerprint density at radius 3 is 2.89 bits per heavy atom. The van der Waals surface area contributed by atoms with Crippen LogP contribution in [-0.4, -0.2) is 27.9 Å². The highest BCUT2D eigenvalue weighted by atomic mass is 16.2. The molecule has 144 valence electrons. The molecule has 1 saturated carbocycles. The van der Waals surface area contributed by atoms with Gasteiger partial charge in [-0.2, -0.15) is 0 Å². The number of hydrogen-bond acceptors (Lipinski definition) is 3. The van der Waals surface area contributed by atoms with Gasteiger partial charge in [-0.3, -0.25) is 9.59 Å². The summed E-state index contributed by atoms with van der Waals surface area (Å²) in [4.78, 5) is 29.8. The molecule has 6 heteroatoms. The van der Waals surface area contributed by atoms with Crippen molar-refractivity contribution in [3.63, 3.8) is 0 Å². The van der Waals surface area contributed by atoms with Crippen molar-refractivity contribution in [2.45, 2.75) is 52.1 Å². The van der Waals surface area contributed by atoms with E-state index in [2.05, 4.69) is 35.1 Å². The fourth-order valence-corrected chi connectivity index (χ4v) is 4.84. The average molecular weight is 368 g/mol. The number of fused-ring (bicyclic) bond motifs is 2. The first kappa shape index (κ1) is 18.0. The van der Waals surface area contributed by atoms with Gasteiger partial charge in [0, 0.05) is 18.5 Å². The summed E-state index contributed by atoms with van der Waals surface area (Å²) in [6.45, 7) is 5.12. The Balaban J connectivity index is 1.50. The molecular formula is C21H28N4O2. The van der Waals surface area contributed by atoms with E-state index in [9.17, 15) is 9.59 Å². The Bertz CT molecular complexity index is 857. The number of imidazole rings is 1. The van der Waals surface area contributed by atoms with Gasteiger partial charge in [0.05, 0.1) is 23.5 Å². The summed E-state index contributed by atoms with van der Waals surface area (Å²) in [7, 11) is 0. The average Bonchev–Trinajstić information content (AvgIpc) is 3.05. The quantitative estimate of drug-likeness (QED) is 0.871. The number of carbonyl (C=O) groups excluding carboxylic acids is 2. The van der Waals surface area contributed by atoms with Crippen LogP contribution in [0, 0.1) is 17.8 Å². The number of nitrogens with zero attached hydrogens (tertiary/aromatic N) is 2. The summed E-state index contributed by atoms with van der Waals surface area (Å²) in [5.74, 6) is 1.09. The Hall–Kier alpha value is -2.37. The Morgan fingerprint density at radius 1 is 1.30 bits per heavy atom. The van der Waals surface area contributed by atoms with Crippen molar-refractivity contribution in [3.05, 3.63) is 30.1 Å². The van der Waals surface area contributed by atoms with E-state index in [1.54, 1.807) is 0 Å². The maximum atomic E-state index is 12.9. The zero-order valence-corrected chi connectivity index (χ0v) is 16.1. The van der Waals surface area contributed by atoms with E-state index in [1.807, 2.05) is 18.2 Å². The molecule has 3 atom stereocenters. The van der Waals surface area contributed by atoms with E-state index in [0.29, 0.717) is 13.1 Å². The minimum atomic E-state index is -0.134. The molecule has 2 amide bonds. The van der Waals surface area contributed by atoms with Crippen LogP contribution in [-0.2, 0) is 16.1 Å². The molecule has 0 spiro atoms. The van der Waals surface area contributed by atoms with Gasteiger partial charge >= 0.3 is 0 Å². The minimum absolute atomic E-state index is 0.00323. The Morgan fingerprint density at radius 2 is 2.07 bits per heavy atom. The molecule has 2 heterocycles. The first-order valence-corrected chi connectivity index (χ1v) is 10.1. The molecule has 6 nitrogen and oxygen atoms in total. The predicted molar refractivity (Wildman–Crippen MR) is 104 cm³/mol. The third-order valence-electron chi connectivity index (χ3n) is 6.11. The van der Waals surface area contributed by atoms with Gasteiger partial charge in [0.15, 0.2) is 0 Å². The summed E-state index contributed by atoms with van der Waals surface area (Å²) in [5.41, 5.74) is 2.04. The second-order valence-corrected chi connectivity index (χ2v) is 8.10. The number of aromatic nitrogens is 2. The molecule has 0 radical (unpaired) electrons. The van der Waals surface area contributed by atoms with Crippen molar-refractivity contribution < 1.29 is 9.59 Å². The maximum absolute atomic E-state index is 12.9. The summed E-state index contributed by atoms with van der Waals surface area (Å²) < 4.78 is 2.18. The molecule has 1 aromatic carbocycles. The summed E-state index contributed by atoms with van der Waals surface area (Å²) >= 11 is 0. The van der Waals surface area contributed by atoms with Crippen molar-refractivity contribution in [1.29, 1.82) is 0 Å². The van der Waals surface area contributed by atoms with Crippen LogP contribution in [0.1, 0.15) is 51.4 Å².